The Morgan fingerprint density at radius 2 is 1.82 bits per heavy atom. The predicted molar refractivity (Wildman–Crippen MR) is 111 cm³/mol. The van der Waals surface area contributed by atoms with E-state index in [1.807, 2.05) is 36.7 Å². The van der Waals surface area contributed by atoms with E-state index < -0.39 is 0 Å². The number of hydrogen-bond donors (Lipinski definition) is 2. The molecule has 1 fully saturated rings. The Bertz CT molecular complexity index is 901. The van der Waals surface area contributed by atoms with Gasteiger partial charge in [-0.15, -0.1) is 0 Å². The summed E-state index contributed by atoms with van der Waals surface area (Å²) in [6.07, 6.45) is 5.75. The standard InChI is InChI=1S/C21H26N6O/c28-21(20-18-5-1-2-6-19(18)24-25-20)23-9-3-4-12-26-13-15-27(16-14-26)17-7-10-22-11-8-17/h1-2,5-8,10-11H,3-4,9,12-16H2,(H,23,28)(H,24,25). The number of rotatable bonds is 7. The number of fused-ring (bicyclic) bond motifs is 1. The Labute approximate surface area is 164 Å². The fraction of sp³-hybridized carbons (Fsp3) is 0.381. The van der Waals surface area contributed by atoms with Crippen molar-refractivity contribution in [1.82, 2.24) is 25.4 Å². The second-order valence-electron chi connectivity index (χ2n) is 7.11. The van der Waals surface area contributed by atoms with Gasteiger partial charge in [-0.2, -0.15) is 5.10 Å². The zero-order valence-electron chi connectivity index (χ0n) is 16.0. The van der Waals surface area contributed by atoms with Crippen LogP contribution in [0.25, 0.3) is 10.9 Å². The van der Waals surface area contributed by atoms with Crippen LogP contribution in [0.1, 0.15) is 23.3 Å². The number of carbonyl (C=O) groups is 1. The zero-order chi connectivity index (χ0) is 19.2. The lowest BCUT2D eigenvalue weighted by Gasteiger charge is -2.36. The first kappa shape index (κ1) is 18.4. The van der Waals surface area contributed by atoms with Crippen LogP contribution >= 0.6 is 0 Å². The van der Waals surface area contributed by atoms with Gasteiger partial charge in [-0.3, -0.25) is 19.8 Å². The van der Waals surface area contributed by atoms with Gasteiger partial charge >= 0.3 is 0 Å². The second-order valence-corrected chi connectivity index (χ2v) is 7.11. The highest BCUT2D eigenvalue weighted by atomic mass is 16.1. The number of H-pyrrole nitrogens is 1. The minimum Gasteiger partial charge on any atom is -0.369 e. The highest BCUT2D eigenvalue weighted by Crippen LogP contribution is 2.16. The number of benzene rings is 1. The van der Waals surface area contributed by atoms with Crippen molar-refractivity contribution in [2.24, 2.45) is 0 Å². The van der Waals surface area contributed by atoms with Gasteiger partial charge in [-0.1, -0.05) is 18.2 Å². The molecule has 2 aromatic heterocycles. The van der Waals surface area contributed by atoms with Gasteiger partial charge in [0.2, 0.25) is 0 Å². The minimum absolute atomic E-state index is 0.108. The van der Waals surface area contributed by atoms with Crippen LogP contribution in [0, 0.1) is 0 Å². The molecule has 0 spiro atoms. The summed E-state index contributed by atoms with van der Waals surface area (Å²) < 4.78 is 0. The first-order valence-electron chi connectivity index (χ1n) is 9.90. The van der Waals surface area contributed by atoms with Crippen molar-refractivity contribution >= 4 is 22.5 Å². The fourth-order valence-corrected chi connectivity index (χ4v) is 3.67. The molecular formula is C21H26N6O. The summed E-state index contributed by atoms with van der Waals surface area (Å²) in [5, 5.41) is 10.9. The van der Waals surface area contributed by atoms with E-state index in [1.165, 1.54) is 5.69 Å². The van der Waals surface area contributed by atoms with Crippen LogP contribution in [-0.4, -0.2) is 65.3 Å². The van der Waals surface area contributed by atoms with Gasteiger partial charge in [0.15, 0.2) is 5.69 Å². The summed E-state index contributed by atoms with van der Waals surface area (Å²) in [7, 11) is 0. The van der Waals surface area contributed by atoms with Gasteiger partial charge in [0, 0.05) is 56.2 Å². The fourth-order valence-electron chi connectivity index (χ4n) is 3.67. The molecule has 2 N–H and O–H groups in total. The third-order valence-corrected chi connectivity index (χ3v) is 5.27. The molecule has 7 heteroatoms. The number of carbonyl (C=O) groups excluding carboxylic acids is 1. The summed E-state index contributed by atoms with van der Waals surface area (Å²) in [6, 6.07) is 11.8. The van der Waals surface area contributed by atoms with Crippen LogP contribution in [0.3, 0.4) is 0 Å². The Hall–Kier alpha value is -2.93. The molecule has 3 aromatic rings. The van der Waals surface area contributed by atoms with E-state index in [9.17, 15) is 4.79 Å². The second kappa shape index (κ2) is 8.84. The van der Waals surface area contributed by atoms with E-state index in [0.717, 1.165) is 56.5 Å². The lowest BCUT2D eigenvalue weighted by Crippen LogP contribution is -2.46. The molecule has 1 amide bonds. The molecule has 0 bridgehead atoms. The maximum atomic E-state index is 12.3. The largest absolute Gasteiger partial charge is 0.369 e. The normalized spacial score (nSPS) is 15.1. The van der Waals surface area contributed by atoms with E-state index >= 15 is 0 Å². The number of para-hydroxylation sites is 1. The monoisotopic (exact) mass is 378 g/mol. The topological polar surface area (TPSA) is 77.2 Å². The molecular weight excluding hydrogens is 352 g/mol. The van der Waals surface area contributed by atoms with Gasteiger partial charge in [-0.25, -0.2) is 0 Å². The third-order valence-electron chi connectivity index (χ3n) is 5.27. The summed E-state index contributed by atoms with van der Waals surface area (Å²) >= 11 is 0. The number of piperazine rings is 1. The number of hydrogen-bond acceptors (Lipinski definition) is 5. The average Bonchev–Trinajstić information content (AvgIpc) is 3.19. The molecule has 0 atom stereocenters. The predicted octanol–water partition coefficient (Wildman–Crippen LogP) is 2.29. The first-order chi connectivity index (χ1) is 13.8. The van der Waals surface area contributed by atoms with Gasteiger partial charge in [0.25, 0.3) is 5.91 Å². The smallest absolute Gasteiger partial charge is 0.272 e. The zero-order valence-corrected chi connectivity index (χ0v) is 16.0. The highest BCUT2D eigenvalue weighted by Gasteiger charge is 2.17. The lowest BCUT2D eigenvalue weighted by atomic mass is 10.2. The van der Waals surface area contributed by atoms with Crippen molar-refractivity contribution in [3.8, 4) is 0 Å². The SMILES string of the molecule is O=C(NCCCCN1CCN(c2ccncc2)CC1)c1n[nH]c2ccccc12. The van der Waals surface area contributed by atoms with E-state index in [4.69, 9.17) is 0 Å². The van der Waals surface area contributed by atoms with Crippen molar-refractivity contribution in [3.63, 3.8) is 0 Å². The van der Waals surface area contributed by atoms with E-state index in [-0.39, 0.29) is 5.91 Å². The number of nitrogens with zero attached hydrogens (tertiary/aromatic N) is 4. The van der Waals surface area contributed by atoms with Crippen LogP contribution in [0.5, 0.6) is 0 Å². The van der Waals surface area contributed by atoms with Crippen molar-refractivity contribution in [3.05, 3.63) is 54.5 Å². The van der Waals surface area contributed by atoms with Crippen molar-refractivity contribution in [2.45, 2.75) is 12.8 Å². The van der Waals surface area contributed by atoms with Gasteiger partial charge < -0.3 is 10.2 Å². The highest BCUT2D eigenvalue weighted by molar-refractivity contribution is 6.04. The maximum Gasteiger partial charge on any atom is 0.272 e. The molecule has 7 nitrogen and oxygen atoms in total. The number of nitrogens with one attached hydrogen (secondary N) is 2. The Balaban J connectivity index is 1.14. The summed E-state index contributed by atoms with van der Waals surface area (Å²) in [5.74, 6) is -0.108. The number of unbranched alkanes of at least 4 members (excludes halogenated alkanes) is 1. The minimum atomic E-state index is -0.108. The molecule has 0 radical (unpaired) electrons. The molecule has 4 rings (SSSR count). The summed E-state index contributed by atoms with van der Waals surface area (Å²) in [6.45, 7) is 6.00. The molecule has 1 aliphatic rings. The number of pyridine rings is 1. The Morgan fingerprint density at radius 1 is 1.04 bits per heavy atom. The van der Waals surface area contributed by atoms with E-state index in [2.05, 4.69) is 42.4 Å². The molecule has 1 saturated heterocycles. The molecule has 1 aliphatic heterocycles. The number of amides is 1. The molecule has 0 aliphatic carbocycles. The van der Waals surface area contributed by atoms with Crippen molar-refractivity contribution in [1.29, 1.82) is 0 Å². The summed E-state index contributed by atoms with van der Waals surface area (Å²) in [4.78, 5) is 21.3. The van der Waals surface area contributed by atoms with E-state index in [1.54, 1.807) is 0 Å². The number of anilines is 1. The van der Waals surface area contributed by atoms with Crippen LogP contribution < -0.4 is 10.2 Å². The third kappa shape index (κ3) is 4.31. The molecule has 1 aromatic carbocycles. The average molecular weight is 378 g/mol. The van der Waals surface area contributed by atoms with Crippen LogP contribution in [-0.2, 0) is 0 Å². The molecule has 0 unspecified atom stereocenters. The number of aromatic amines is 1. The molecule has 3 heterocycles. The molecule has 28 heavy (non-hydrogen) atoms. The lowest BCUT2D eigenvalue weighted by molar-refractivity contribution is 0.0949. The van der Waals surface area contributed by atoms with Gasteiger partial charge in [0.1, 0.15) is 0 Å². The Morgan fingerprint density at radius 3 is 2.64 bits per heavy atom. The van der Waals surface area contributed by atoms with E-state index in [0.29, 0.717) is 12.2 Å². The maximum absolute atomic E-state index is 12.3. The molecule has 146 valence electrons. The van der Waals surface area contributed by atoms with Crippen molar-refractivity contribution < 1.29 is 4.79 Å². The van der Waals surface area contributed by atoms with Crippen molar-refractivity contribution in [2.75, 3.05) is 44.2 Å². The molecule has 0 saturated carbocycles. The Kier molecular flexibility index (Phi) is 5.82. The van der Waals surface area contributed by atoms with Gasteiger partial charge in [-0.05, 0) is 37.6 Å². The quantitative estimate of drug-likeness (QED) is 0.617. The van der Waals surface area contributed by atoms with Crippen LogP contribution in [0.2, 0.25) is 0 Å². The van der Waals surface area contributed by atoms with Gasteiger partial charge in [0.05, 0.1) is 5.52 Å². The van der Waals surface area contributed by atoms with Crippen LogP contribution in [0.15, 0.2) is 48.8 Å². The summed E-state index contributed by atoms with van der Waals surface area (Å²) in [5.41, 5.74) is 2.62. The van der Waals surface area contributed by atoms with Crippen LogP contribution in [0.4, 0.5) is 5.69 Å². The number of aromatic nitrogens is 3. The first-order valence-corrected chi connectivity index (χ1v) is 9.90.